The van der Waals surface area contributed by atoms with E-state index in [-0.39, 0.29) is 10.8 Å². The maximum absolute atomic E-state index is 12.3. The molecule has 5 heteroatoms. The van der Waals surface area contributed by atoms with Crippen molar-refractivity contribution >= 4 is 10.0 Å². The summed E-state index contributed by atoms with van der Waals surface area (Å²) in [6.07, 6.45) is 0.870. The molecule has 0 bridgehead atoms. The molecule has 1 N–H and O–H groups in total. The highest BCUT2D eigenvalue weighted by Gasteiger charge is 2.17. The topological polar surface area (TPSA) is 55.4 Å². The summed E-state index contributed by atoms with van der Waals surface area (Å²) in [7, 11) is -1.95. The van der Waals surface area contributed by atoms with Crippen molar-refractivity contribution in [3.8, 4) is 5.75 Å². The fraction of sp³-hybridized carbons (Fsp3) is 0.294. The minimum atomic E-state index is -3.50. The molecule has 0 aliphatic carbocycles. The maximum Gasteiger partial charge on any atom is 0.240 e. The molecule has 0 amide bonds. The van der Waals surface area contributed by atoms with Crippen LogP contribution in [0.4, 0.5) is 0 Å². The van der Waals surface area contributed by atoms with Crippen LogP contribution in [0.1, 0.15) is 24.8 Å². The molecule has 0 fully saturated rings. The zero-order chi connectivity index (χ0) is 16.0. The van der Waals surface area contributed by atoms with Crippen molar-refractivity contribution in [1.82, 2.24) is 4.72 Å². The minimum absolute atomic E-state index is 0.161. The lowest BCUT2D eigenvalue weighted by atomic mass is 9.97. The maximum atomic E-state index is 12.3. The largest absolute Gasteiger partial charge is 0.497 e. The first-order valence-electron chi connectivity index (χ1n) is 7.25. The average Bonchev–Trinajstić information content (AvgIpc) is 2.56. The predicted octanol–water partition coefficient (Wildman–Crippen LogP) is 3.17. The van der Waals surface area contributed by atoms with Gasteiger partial charge < -0.3 is 4.74 Å². The highest BCUT2D eigenvalue weighted by atomic mass is 32.2. The highest BCUT2D eigenvalue weighted by molar-refractivity contribution is 7.89. The monoisotopic (exact) mass is 319 g/mol. The number of methoxy groups -OCH3 is 1. The van der Waals surface area contributed by atoms with E-state index in [0.29, 0.717) is 12.3 Å². The molecule has 0 aliphatic heterocycles. The van der Waals surface area contributed by atoms with Crippen LogP contribution in [-0.4, -0.2) is 22.1 Å². The minimum Gasteiger partial charge on any atom is -0.497 e. The van der Waals surface area contributed by atoms with Crippen LogP contribution in [0.3, 0.4) is 0 Å². The summed E-state index contributed by atoms with van der Waals surface area (Å²) in [6.45, 7) is 2.44. The molecule has 1 atom stereocenters. The summed E-state index contributed by atoms with van der Waals surface area (Å²) in [4.78, 5) is 0.246. The molecule has 0 aliphatic rings. The van der Waals surface area contributed by atoms with E-state index in [9.17, 15) is 8.42 Å². The molecule has 4 nitrogen and oxygen atoms in total. The van der Waals surface area contributed by atoms with E-state index in [2.05, 4.69) is 11.6 Å². The molecular formula is C17H21NO3S. The van der Waals surface area contributed by atoms with Crippen LogP contribution in [0.15, 0.2) is 59.5 Å². The van der Waals surface area contributed by atoms with Gasteiger partial charge in [-0.3, -0.25) is 0 Å². The van der Waals surface area contributed by atoms with Gasteiger partial charge in [0.2, 0.25) is 10.0 Å². The van der Waals surface area contributed by atoms with Crippen molar-refractivity contribution in [3.63, 3.8) is 0 Å². The van der Waals surface area contributed by atoms with Crippen molar-refractivity contribution in [1.29, 1.82) is 0 Å². The molecule has 2 aromatic rings. The second-order valence-corrected chi connectivity index (χ2v) is 6.81. The lowest BCUT2D eigenvalue weighted by molar-refractivity contribution is 0.414. The molecule has 22 heavy (non-hydrogen) atoms. The number of sulfonamides is 1. The Kier molecular flexibility index (Phi) is 5.57. The van der Waals surface area contributed by atoms with Crippen molar-refractivity contribution < 1.29 is 13.2 Å². The van der Waals surface area contributed by atoms with Gasteiger partial charge in [0, 0.05) is 6.54 Å². The number of ether oxygens (including phenoxy) is 1. The lowest BCUT2D eigenvalue weighted by Crippen LogP contribution is -2.28. The van der Waals surface area contributed by atoms with Crippen LogP contribution >= 0.6 is 0 Å². The van der Waals surface area contributed by atoms with E-state index in [0.717, 1.165) is 12.0 Å². The Bertz CT molecular complexity index is 682. The molecule has 2 rings (SSSR count). The standard InChI is InChI=1S/C17H21NO3S/c1-3-14(15-7-5-4-6-8-15)13-18-22(19,20)17-11-9-16(21-2)10-12-17/h4-12,14,18H,3,13H2,1-2H3. The number of hydrogen-bond acceptors (Lipinski definition) is 3. The van der Waals surface area contributed by atoms with Crippen LogP contribution in [0, 0.1) is 0 Å². The normalized spacial score (nSPS) is 12.8. The summed E-state index contributed by atoms with van der Waals surface area (Å²) in [6, 6.07) is 16.3. The average molecular weight is 319 g/mol. The second kappa shape index (κ2) is 7.42. The first-order valence-corrected chi connectivity index (χ1v) is 8.74. The number of rotatable bonds is 7. The van der Waals surface area contributed by atoms with Crippen molar-refractivity contribution in [2.24, 2.45) is 0 Å². The lowest BCUT2D eigenvalue weighted by Gasteiger charge is -2.16. The Balaban J connectivity index is 2.08. The molecule has 0 saturated heterocycles. The first kappa shape index (κ1) is 16.5. The summed E-state index contributed by atoms with van der Waals surface area (Å²) in [5, 5.41) is 0. The van der Waals surface area contributed by atoms with Gasteiger partial charge >= 0.3 is 0 Å². The summed E-state index contributed by atoms with van der Waals surface area (Å²) in [5.41, 5.74) is 1.14. The van der Waals surface area contributed by atoms with E-state index in [4.69, 9.17) is 4.74 Å². The van der Waals surface area contributed by atoms with Gasteiger partial charge in [0.25, 0.3) is 0 Å². The second-order valence-electron chi connectivity index (χ2n) is 5.04. The quantitative estimate of drug-likeness (QED) is 0.853. The van der Waals surface area contributed by atoms with E-state index in [1.165, 1.54) is 0 Å². The fourth-order valence-corrected chi connectivity index (χ4v) is 3.35. The van der Waals surface area contributed by atoms with Crippen LogP contribution in [0.25, 0.3) is 0 Å². The highest BCUT2D eigenvalue weighted by Crippen LogP contribution is 2.20. The third-order valence-corrected chi connectivity index (χ3v) is 5.09. The number of hydrogen-bond donors (Lipinski definition) is 1. The van der Waals surface area contributed by atoms with E-state index in [1.54, 1.807) is 31.4 Å². The molecule has 0 saturated carbocycles. The zero-order valence-corrected chi connectivity index (χ0v) is 13.6. The van der Waals surface area contributed by atoms with Crippen molar-refractivity contribution in [2.45, 2.75) is 24.2 Å². The Labute approximate surface area is 132 Å². The Morgan fingerprint density at radius 2 is 1.68 bits per heavy atom. The van der Waals surface area contributed by atoms with Gasteiger partial charge in [0.15, 0.2) is 0 Å². The van der Waals surface area contributed by atoms with Gasteiger partial charge in [-0.25, -0.2) is 13.1 Å². The number of benzene rings is 2. The van der Waals surface area contributed by atoms with Gasteiger partial charge in [0.05, 0.1) is 12.0 Å². The smallest absolute Gasteiger partial charge is 0.240 e. The van der Waals surface area contributed by atoms with Crippen molar-refractivity contribution in [2.75, 3.05) is 13.7 Å². The van der Waals surface area contributed by atoms with Crippen molar-refractivity contribution in [3.05, 3.63) is 60.2 Å². The Hall–Kier alpha value is -1.85. The van der Waals surface area contributed by atoms with Crippen LogP contribution in [0.5, 0.6) is 5.75 Å². The van der Waals surface area contributed by atoms with Gasteiger partial charge in [-0.1, -0.05) is 37.3 Å². The van der Waals surface area contributed by atoms with Crippen LogP contribution in [-0.2, 0) is 10.0 Å². The molecular weight excluding hydrogens is 298 g/mol. The van der Waals surface area contributed by atoms with Gasteiger partial charge in [-0.05, 0) is 42.2 Å². The zero-order valence-electron chi connectivity index (χ0n) is 12.8. The fourth-order valence-electron chi connectivity index (χ4n) is 2.27. The molecule has 0 spiro atoms. The third-order valence-electron chi connectivity index (χ3n) is 3.65. The number of nitrogens with one attached hydrogen (secondary N) is 1. The Morgan fingerprint density at radius 1 is 1.05 bits per heavy atom. The summed E-state index contributed by atoms with van der Waals surface area (Å²) < 4.78 is 32.4. The van der Waals surface area contributed by atoms with Crippen LogP contribution in [0.2, 0.25) is 0 Å². The third kappa shape index (κ3) is 4.08. The SMILES string of the molecule is CCC(CNS(=O)(=O)c1ccc(OC)cc1)c1ccccc1. The first-order chi connectivity index (χ1) is 10.6. The molecule has 0 heterocycles. The molecule has 1 unspecified atom stereocenters. The molecule has 0 radical (unpaired) electrons. The molecule has 2 aromatic carbocycles. The van der Waals surface area contributed by atoms with Gasteiger partial charge in [0.1, 0.15) is 5.75 Å². The van der Waals surface area contributed by atoms with Crippen LogP contribution < -0.4 is 9.46 Å². The Morgan fingerprint density at radius 3 is 2.23 bits per heavy atom. The van der Waals surface area contributed by atoms with E-state index < -0.39 is 10.0 Å². The molecule has 0 aromatic heterocycles. The summed E-state index contributed by atoms with van der Waals surface area (Å²) in [5.74, 6) is 0.795. The summed E-state index contributed by atoms with van der Waals surface area (Å²) >= 11 is 0. The van der Waals surface area contributed by atoms with Gasteiger partial charge in [-0.15, -0.1) is 0 Å². The molecule has 118 valence electrons. The van der Waals surface area contributed by atoms with E-state index >= 15 is 0 Å². The van der Waals surface area contributed by atoms with E-state index in [1.807, 2.05) is 30.3 Å². The predicted molar refractivity (Wildman–Crippen MR) is 87.7 cm³/mol. The van der Waals surface area contributed by atoms with Gasteiger partial charge in [-0.2, -0.15) is 0 Å².